The van der Waals surface area contributed by atoms with Crippen LogP contribution in [0.5, 0.6) is 0 Å². The summed E-state index contributed by atoms with van der Waals surface area (Å²) in [7, 11) is -3.71. The highest BCUT2D eigenvalue weighted by atomic mass is 32.2. The van der Waals surface area contributed by atoms with Crippen molar-refractivity contribution in [3.63, 3.8) is 0 Å². The van der Waals surface area contributed by atoms with Crippen molar-refractivity contribution in [3.05, 3.63) is 59.9 Å². The summed E-state index contributed by atoms with van der Waals surface area (Å²) in [6, 6.07) is 9.66. The van der Waals surface area contributed by atoms with E-state index >= 15 is 0 Å². The number of hydrogen-bond donors (Lipinski definition) is 1. The van der Waals surface area contributed by atoms with E-state index in [0.717, 1.165) is 5.56 Å². The predicted molar refractivity (Wildman–Crippen MR) is 94.8 cm³/mol. The lowest BCUT2D eigenvalue weighted by molar-refractivity contribution is 0.0988. The van der Waals surface area contributed by atoms with Gasteiger partial charge in [0.15, 0.2) is 5.78 Å². The summed E-state index contributed by atoms with van der Waals surface area (Å²) >= 11 is 0. The van der Waals surface area contributed by atoms with E-state index in [9.17, 15) is 13.2 Å². The number of hydrogen-bond acceptors (Lipinski definition) is 5. The van der Waals surface area contributed by atoms with Crippen LogP contribution in [-0.2, 0) is 10.0 Å². The van der Waals surface area contributed by atoms with Crippen LogP contribution in [0.3, 0.4) is 0 Å². The number of pyridine rings is 1. The SMILES string of the molecule is CCC(=O)c1cccc(S(=O)(=O)N2CCNCC2c2cccnc2)c1. The number of carbonyl (C=O) groups is 1. The summed E-state index contributed by atoms with van der Waals surface area (Å²) in [6.45, 7) is 3.24. The molecule has 25 heavy (non-hydrogen) atoms. The van der Waals surface area contributed by atoms with Gasteiger partial charge < -0.3 is 5.32 Å². The standard InChI is InChI=1S/C18H21N3O3S/c1-2-18(22)14-5-3-7-16(11-14)25(23,24)21-10-9-20-13-17(21)15-6-4-8-19-12-15/h3-8,11-12,17,20H,2,9-10,13H2,1H3. The Morgan fingerprint density at radius 3 is 2.88 bits per heavy atom. The highest BCUT2D eigenvalue weighted by Gasteiger charge is 2.34. The van der Waals surface area contributed by atoms with Gasteiger partial charge in [-0.1, -0.05) is 25.1 Å². The van der Waals surface area contributed by atoms with Gasteiger partial charge in [-0.25, -0.2) is 8.42 Å². The first-order chi connectivity index (χ1) is 12.0. The predicted octanol–water partition coefficient (Wildman–Crippen LogP) is 2.01. The van der Waals surface area contributed by atoms with Gasteiger partial charge in [0, 0.05) is 44.0 Å². The number of benzene rings is 1. The van der Waals surface area contributed by atoms with Gasteiger partial charge in [-0.05, 0) is 23.8 Å². The highest BCUT2D eigenvalue weighted by Crippen LogP contribution is 2.29. The largest absolute Gasteiger partial charge is 0.313 e. The number of piperazine rings is 1. The summed E-state index contributed by atoms with van der Waals surface area (Å²) < 4.78 is 27.9. The number of carbonyl (C=O) groups excluding carboxylic acids is 1. The molecule has 0 aliphatic carbocycles. The Labute approximate surface area is 147 Å². The fourth-order valence-electron chi connectivity index (χ4n) is 3.00. The van der Waals surface area contributed by atoms with Crippen molar-refractivity contribution in [1.82, 2.24) is 14.6 Å². The van der Waals surface area contributed by atoms with Gasteiger partial charge in [-0.2, -0.15) is 4.31 Å². The minimum atomic E-state index is -3.71. The summed E-state index contributed by atoms with van der Waals surface area (Å²) in [6.07, 6.45) is 3.70. The van der Waals surface area contributed by atoms with E-state index in [4.69, 9.17) is 0 Å². The third kappa shape index (κ3) is 3.63. The number of ketones is 1. The van der Waals surface area contributed by atoms with E-state index in [1.807, 2.05) is 6.07 Å². The zero-order chi connectivity index (χ0) is 17.9. The molecule has 2 aromatic rings. The topological polar surface area (TPSA) is 79.4 Å². The van der Waals surface area contributed by atoms with E-state index in [2.05, 4.69) is 10.3 Å². The van der Waals surface area contributed by atoms with Crippen LogP contribution in [0.4, 0.5) is 0 Å². The lowest BCUT2D eigenvalue weighted by Crippen LogP contribution is -2.48. The monoisotopic (exact) mass is 359 g/mol. The zero-order valence-electron chi connectivity index (χ0n) is 14.1. The maximum atomic E-state index is 13.2. The Balaban J connectivity index is 1.99. The summed E-state index contributed by atoms with van der Waals surface area (Å²) in [4.78, 5) is 16.2. The molecular weight excluding hydrogens is 338 g/mol. The number of Topliss-reactive ketones (excluding diaryl/α,β-unsaturated/α-hetero) is 1. The van der Waals surface area contributed by atoms with Crippen molar-refractivity contribution in [2.45, 2.75) is 24.3 Å². The Morgan fingerprint density at radius 1 is 1.32 bits per heavy atom. The molecule has 1 aliphatic heterocycles. The molecule has 2 heterocycles. The molecule has 7 heteroatoms. The van der Waals surface area contributed by atoms with Crippen LogP contribution >= 0.6 is 0 Å². The van der Waals surface area contributed by atoms with Crippen molar-refractivity contribution in [3.8, 4) is 0 Å². The number of nitrogens with one attached hydrogen (secondary N) is 1. The molecule has 1 unspecified atom stereocenters. The second-order valence-corrected chi connectivity index (χ2v) is 7.82. The second kappa shape index (κ2) is 7.43. The molecule has 0 radical (unpaired) electrons. The smallest absolute Gasteiger partial charge is 0.243 e. The Bertz CT molecular complexity index is 853. The molecule has 1 saturated heterocycles. The van der Waals surface area contributed by atoms with Crippen LogP contribution in [0.2, 0.25) is 0 Å². The molecule has 0 bridgehead atoms. The molecule has 132 valence electrons. The van der Waals surface area contributed by atoms with Gasteiger partial charge in [0.05, 0.1) is 10.9 Å². The summed E-state index contributed by atoms with van der Waals surface area (Å²) in [5.74, 6) is -0.0684. The van der Waals surface area contributed by atoms with Crippen molar-refractivity contribution >= 4 is 15.8 Å². The first kappa shape index (κ1) is 17.7. The molecule has 0 spiro atoms. The molecule has 1 fully saturated rings. The van der Waals surface area contributed by atoms with Gasteiger partial charge in [-0.3, -0.25) is 9.78 Å². The maximum Gasteiger partial charge on any atom is 0.243 e. The Hall–Kier alpha value is -2.09. The van der Waals surface area contributed by atoms with E-state index in [1.165, 1.54) is 10.4 Å². The van der Waals surface area contributed by atoms with Crippen LogP contribution in [-0.4, -0.2) is 43.1 Å². The molecule has 1 aliphatic rings. The first-order valence-corrected chi connectivity index (χ1v) is 9.74. The molecule has 1 aromatic carbocycles. The lowest BCUT2D eigenvalue weighted by atomic mass is 10.1. The zero-order valence-corrected chi connectivity index (χ0v) is 14.9. The van der Waals surface area contributed by atoms with E-state index in [0.29, 0.717) is 31.6 Å². The summed E-state index contributed by atoms with van der Waals surface area (Å²) in [5.41, 5.74) is 1.27. The van der Waals surface area contributed by atoms with Gasteiger partial charge in [0.1, 0.15) is 0 Å². The van der Waals surface area contributed by atoms with Crippen LogP contribution in [0.15, 0.2) is 53.7 Å². The average Bonchev–Trinajstić information content (AvgIpc) is 2.68. The minimum absolute atomic E-state index is 0.0684. The van der Waals surface area contributed by atoms with Gasteiger partial charge in [0.2, 0.25) is 10.0 Å². The van der Waals surface area contributed by atoms with Gasteiger partial charge in [-0.15, -0.1) is 0 Å². The Kier molecular flexibility index (Phi) is 5.27. The van der Waals surface area contributed by atoms with Crippen molar-refractivity contribution < 1.29 is 13.2 Å². The third-order valence-corrected chi connectivity index (χ3v) is 6.25. The fourth-order valence-corrected chi connectivity index (χ4v) is 4.66. The normalized spacial score (nSPS) is 18.8. The third-order valence-electron chi connectivity index (χ3n) is 4.35. The molecule has 6 nitrogen and oxygen atoms in total. The van der Waals surface area contributed by atoms with Crippen LogP contribution < -0.4 is 5.32 Å². The minimum Gasteiger partial charge on any atom is -0.313 e. The molecule has 1 N–H and O–H groups in total. The molecular formula is C18H21N3O3S. The van der Waals surface area contributed by atoms with Gasteiger partial charge in [0.25, 0.3) is 0 Å². The quantitative estimate of drug-likeness (QED) is 0.826. The fraction of sp³-hybridized carbons (Fsp3) is 0.333. The van der Waals surface area contributed by atoms with E-state index < -0.39 is 10.0 Å². The van der Waals surface area contributed by atoms with Gasteiger partial charge >= 0.3 is 0 Å². The van der Waals surface area contributed by atoms with Crippen molar-refractivity contribution in [2.75, 3.05) is 19.6 Å². The lowest BCUT2D eigenvalue weighted by Gasteiger charge is -2.35. The van der Waals surface area contributed by atoms with Crippen molar-refractivity contribution in [2.24, 2.45) is 0 Å². The first-order valence-electron chi connectivity index (χ1n) is 8.30. The number of nitrogens with zero attached hydrogens (tertiary/aromatic N) is 2. The molecule has 1 aromatic heterocycles. The highest BCUT2D eigenvalue weighted by molar-refractivity contribution is 7.89. The van der Waals surface area contributed by atoms with E-state index in [-0.39, 0.29) is 16.7 Å². The molecule has 1 atom stereocenters. The van der Waals surface area contributed by atoms with Crippen molar-refractivity contribution in [1.29, 1.82) is 0 Å². The maximum absolute atomic E-state index is 13.2. The summed E-state index contributed by atoms with van der Waals surface area (Å²) in [5, 5.41) is 3.24. The molecule has 3 rings (SSSR count). The number of sulfonamides is 1. The molecule has 0 amide bonds. The van der Waals surface area contributed by atoms with Crippen LogP contribution in [0.1, 0.15) is 35.3 Å². The Morgan fingerprint density at radius 2 is 2.16 bits per heavy atom. The van der Waals surface area contributed by atoms with E-state index in [1.54, 1.807) is 43.6 Å². The van der Waals surface area contributed by atoms with Crippen LogP contribution in [0, 0.1) is 0 Å². The second-order valence-electron chi connectivity index (χ2n) is 5.93. The van der Waals surface area contributed by atoms with Crippen LogP contribution in [0.25, 0.3) is 0 Å². The number of aromatic nitrogens is 1. The molecule has 0 saturated carbocycles. The average molecular weight is 359 g/mol. The number of rotatable bonds is 5.